The molecule has 1 aliphatic rings. The molecule has 128 valence electrons. The molecule has 0 bridgehead atoms. The normalized spacial score (nSPS) is 16.0. The van der Waals surface area contributed by atoms with E-state index in [1.807, 2.05) is 36.4 Å². The van der Waals surface area contributed by atoms with E-state index in [1.165, 1.54) is 11.8 Å². The average molecular weight is 364 g/mol. The molecule has 0 unspecified atom stereocenters. The minimum Gasteiger partial charge on any atom is -0.466 e. The van der Waals surface area contributed by atoms with Crippen LogP contribution in [0.25, 0.3) is 6.08 Å². The van der Waals surface area contributed by atoms with Gasteiger partial charge >= 0.3 is 5.97 Å². The lowest BCUT2D eigenvalue weighted by atomic mass is 10.2. The smallest absolute Gasteiger partial charge is 0.305 e. The van der Waals surface area contributed by atoms with Crippen LogP contribution in [-0.2, 0) is 14.3 Å². The molecule has 0 atom stereocenters. The molecule has 4 nitrogen and oxygen atoms in total. The number of hydrogen-bond donors (Lipinski definition) is 0. The summed E-state index contributed by atoms with van der Waals surface area (Å²) in [5.41, 5.74) is 0.993. The molecule has 1 saturated heterocycles. The van der Waals surface area contributed by atoms with Gasteiger partial charge in [0.25, 0.3) is 5.91 Å². The molecule has 1 aromatic carbocycles. The Morgan fingerprint density at radius 2 is 2.00 bits per heavy atom. The second kappa shape index (κ2) is 9.59. The molecule has 1 aromatic rings. The van der Waals surface area contributed by atoms with Crippen LogP contribution in [0.2, 0.25) is 0 Å². The van der Waals surface area contributed by atoms with Crippen molar-refractivity contribution in [1.82, 2.24) is 4.90 Å². The lowest BCUT2D eigenvalue weighted by Gasteiger charge is -2.13. The number of carbonyl (C=O) groups excluding carboxylic acids is 2. The number of benzene rings is 1. The van der Waals surface area contributed by atoms with Gasteiger partial charge < -0.3 is 4.74 Å². The number of amides is 1. The Bertz CT molecular complexity index is 628. The Morgan fingerprint density at radius 3 is 2.71 bits per heavy atom. The van der Waals surface area contributed by atoms with Crippen molar-refractivity contribution in [3.63, 3.8) is 0 Å². The SMILES string of the molecule is CCOC(=O)CCCCCN1C(=O)C(=Cc2ccccc2)SC1=S. The first kappa shape index (κ1) is 18.7. The van der Waals surface area contributed by atoms with Gasteiger partial charge in [-0.05, 0) is 31.4 Å². The fourth-order valence-electron chi connectivity index (χ4n) is 2.34. The fourth-order valence-corrected chi connectivity index (χ4v) is 3.65. The Kier molecular flexibility index (Phi) is 7.46. The van der Waals surface area contributed by atoms with E-state index in [9.17, 15) is 9.59 Å². The lowest BCUT2D eigenvalue weighted by Crippen LogP contribution is -2.29. The molecule has 2 rings (SSSR count). The van der Waals surface area contributed by atoms with Gasteiger partial charge in [-0.25, -0.2) is 0 Å². The number of thiocarbonyl (C=S) groups is 1. The highest BCUT2D eigenvalue weighted by molar-refractivity contribution is 8.26. The molecule has 0 spiro atoms. The van der Waals surface area contributed by atoms with Crippen LogP contribution in [0.15, 0.2) is 35.2 Å². The molecule has 1 fully saturated rings. The highest BCUT2D eigenvalue weighted by Crippen LogP contribution is 2.32. The van der Waals surface area contributed by atoms with E-state index in [1.54, 1.807) is 11.8 Å². The predicted octanol–water partition coefficient (Wildman–Crippen LogP) is 4.01. The van der Waals surface area contributed by atoms with Gasteiger partial charge in [-0.3, -0.25) is 14.5 Å². The molecule has 1 aliphatic heterocycles. The zero-order valence-corrected chi connectivity index (χ0v) is 15.3. The number of unbranched alkanes of at least 4 members (excludes halogenated alkanes) is 2. The number of carbonyl (C=O) groups is 2. The van der Waals surface area contributed by atoms with E-state index in [2.05, 4.69) is 0 Å². The maximum atomic E-state index is 12.5. The van der Waals surface area contributed by atoms with Gasteiger partial charge in [-0.2, -0.15) is 0 Å². The predicted molar refractivity (Wildman–Crippen MR) is 101 cm³/mol. The Balaban J connectivity index is 1.80. The summed E-state index contributed by atoms with van der Waals surface area (Å²) < 4.78 is 5.50. The molecule has 24 heavy (non-hydrogen) atoms. The molecule has 1 amide bonds. The first-order chi connectivity index (χ1) is 11.6. The van der Waals surface area contributed by atoms with Gasteiger partial charge in [0.1, 0.15) is 4.32 Å². The summed E-state index contributed by atoms with van der Waals surface area (Å²) in [6.07, 6.45) is 4.77. The van der Waals surface area contributed by atoms with Crippen molar-refractivity contribution in [2.75, 3.05) is 13.2 Å². The van der Waals surface area contributed by atoms with E-state index in [0.717, 1.165) is 24.8 Å². The molecule has 0 radical (unpaired) electrons. The molecule has 0 saturated carbocycles. The Hall–Kier alpha value is -1.66. The van der Waals surface area contributed by atoms with Gasteiger partial charge in [0.05, 0.1) is 11.5 Å². The van der Waals surface area contributed by atoms with Crippen LogP contribution in [0.3, 0.4) is 0 Å². The van der Waals surface area contributed by atoms with Crippen molar-refractivity contribution in [2.24, 2.45) is 0 Å². The minimum absolute atomic E-state index is 0.0285. The number of rotatable bonds is 8. The summed E-state index contributed by atoms with van der Waals surface area (Å²) >= 11 is 6.66. The third-order valence-corrected chi connectivity index (χ3v) is 4.92. The second-order valence-electron chi connectivity index (χ2n) is 5.36. The summed E-state index contributed by atoms with van der Waals surface area (Å²) in [5, 5.41) is 0. The summed E-state index contributed by atoms with van der Waals surface area (Å²) in [6.45, 7) is 2.82. The standard InChI is InChI=1S/C18H21NO3S2/c1-2-22-16(20)11-7-4-8-12-19-17(21)15(24-18(19)23)13-14-9-5-3-6-10-14/h3,5-6,9-10,13H,2,4,7-8,11-12H2,1H3. The number of thioether (sulfide) groups is 1. The number of hydrogen-bond acceptors (Lipinski definition) is 5. The number of nitrogens with zero attached hydrogens (tertiary/aromatic N) is 1. The second-order valence-corrected chi connectivity index (χ2v) is 7.04. The van der Waals surface area contributed by atoms with E-state index in [-0.39, 0.29) is 11.9 Å². The van der Waals surface area contributed by atoms with Crippen molar-refractivity contribution < 1.29 is 14.3 Å². The highest BCUT2D eigenvalue weighted by atomic mass is 32.2. The summed E-state index contributed by atoms with van der Waals surface area (Å²) in [5.74, 6) is -0.187. The number of ether oxygens (including phenoxy) is 1. The maximum Gasteiger partial charge on any atom is 0.305 e. The molecule has 0 aromatic heterocycles. The quantitative estimate of drug-likeness (QED) is 0.302. The molecule has 0 N–H and O–H groups in total. The minimum atomic E-state index is -0.158. The summed E-state index contributed by atoms with van der Waals surface area (Å²) in [7, 11) is 0. The van der Waals surface area contributed by atoms with Crippen LogP contribution < -0.4 is 0 Å². The van der Waals surface area contributed by atoms with Crippen molar-refractivity contribution in [3.8, 4) is 0 Å². The monoisotopic (exact) mass is 363 g/mol. The maximum absolute atomic E-state index is 12.5. The zero-order chi connectivity index (χ0) is 17.4. The Morgan fingerprint density at radius 1 is 1.25 bits per heavy atom. The van der Waals surface area contributed by atoms with E-state index < -0.39 is 0 Å². The topological polar surface area (TPSA) is 46.6 Å². The van der Waals surface area contributed by atoms with Gasteiger partial charge in [0.2, 0.25) is 0 Å². The number of esters is 1. The highest BCUT2D eigenvalue weighted by Gasteiger charge is 2.31. The van der Waals surface area contributed by atoms with Crippen molar-refractivity contribution in [2.45, 2.75) is 32.6 Å². The first-order valence-electron chi connectivity index (χ1n) is 8.08. The Labute approximate surface area is 152 Å². The molecule has 1 heterocycles. The van der Waals surface area contributed by atoms with E-state index in [0.29, 0.717) is 28.8 Å². The van der Waals surface area contributed by atoms with Crippen LogP contribution in [0.1, 0.15) is 38.2 Å². The van der Waals surface area contributed by atoms with Gasteiger partial charge in [-0.1, -0.05) is 60.7 Å². The van der Waals surface area contributed by atoms with Crippen LogP contribution in [-0.4, -0.2) is 34.2 Å². The van der Waals surface area contributed by atoms with Gasteiger partial charge in [0, 0.05) is 13.0 Å². The molecule has 0 aliphatic carbocycles. The van der Waals surface area contributed by atoms with Crippen molar-refractivity contribution in [1.29, 1.82) is 0 Å². The lowest BCUT2D eigenvalue weighted by molar-refractivity contribution is -0.143. The molecular formula is C18H21NO3S2. The third kappa shape index (κ3) is 5.46. The molecular weight excluding hydrogens is 342 g/mol. The first-order valence-corrected chi connectivity index (χ1v) is 9.30. The fraction of sp³-hybridized carbons (Fsp3) is 0.389. The average Bonchev–Trinajstić information content (AvgIpc) is 2.83. The van der Waals surface area contributed by atoms with E-state index >= 15 is 0 Å². The summed E-state index contributed by atoms with van der Waals surface area (Å²) in [6, 6.07) is 9.75. The van der Waals surface area contributed by atoms with Crippen molar-refractivity contribution in [3.05, 3.63) is 40.8 Å². The van der Waals surface area contributed by atoms with Crippen LogP contribution in [0, 0.1) is 0 Å². The largest absolute Gasteiger partial charge is 0.466 e. The van der Waals surface area contributed by atoms with E-state index in [4.69, 9.17) is 17.0 Å². The zero-order valence-electron chi connectivity index (χ0n) is 13.7. The van der Waals surface area contributed by atoms with Crippen LogP contribution >= 0.6 is 24.0 Å². The van der Waals surface area contributed by atoms with Crippen LogP contribution in [0.5, 0.6) is 0 Å². The summed E-state index contributed by atoms with van der Waals surface area (Å²) in [4.78, 5) is 26.0. The van der Waals surface area contributed by atoms with Crippen LogP contribution in [0.4, 0.5) is 0 Å². The van der Waals surface area contributed by atoms with Crippen molar-refractivity contribution >= 4 is 46.3 Å². The third-order valence-electron chi connectivity index (χ3n) is 3.54. The van der Waals surface area contributed by atoms with Gasteiger partial charge in [0.15, 0.2) is 0 Å². The molecule has 6 heteroatoms. The van der Waals surface area contributed by atoms with Gasteiger partial charge in [-0.15, -0.1) is 0 Å².